The third-order valence-electron chi connectivity index (χ3n) is 4.55. The van der Waals surface area contributed by atoms with Gasteiger partial charge in [-0.15, -0.1) is 0 Å². The van der Waals surface area contributed by atoms with Gasteiger partial charge in [0.15, 0.2) is 0 Å². The van der Waals surface area contributed by atoms with Gasteiger partial charge < -0.3 is 14.7 Å². The van der Waals surface area contributed by atoms with E-state index in [1.807, 2.05) is 6.07 Å². The second kappa shape index (κ2) is 5.92. The van der Waals surface area contributed by atoms with Crippen LogP contribution < -0.4 is 5.32 Å². The molecular formula is C16H22N4O4. The van der Waals surface area contributed by atoms with Crippen LogP contribution >= 0.6 is 0 Å². The molecule has 0 aliphatic carbocycles. The number of carbonyl (C=O) groups is 3. The van der Waals surface area contributed by atoms with Crippen LogP contribution in [-0.2, 0) is 9.59 Å². The molecule has 24 heavy (non-hydrogen) atoms. The molecule has 1 aromatic rings. The summed E-state index contributed by atoms with van der Waals surface area (Å²) in [6.45, 7) is 5.39. The first-order valence-corrected chi connectivity index (χ1v) is 8.16. The average molecular weight is 334 g/mol. The molecule has 8 heteroatoms. The Kier molecular flexibility index (Phi) is 4.06. The summed E-state index contributed by atoms with van der Waals surface area (Å²) in [5.41, 5.74) is -0.250. The van der Waals surface area contributed by atoms with E-state index in [-0.39, 0.29) is 24.4 Å². The predicted octanol–water partition coefficient (Wildman–Crippen LogP) is 1.37. The number of nitrogens with zero attached hydrogens (tertiary/aromatic N) is 3. The number of rotatable bonds is 3. The van der Waals surface area contributed by atoms with Crippen LogP contribution in [0.4, 0.5) is 4.79 Å². The Balaban J connectivity index is 1.75. The van der Waals surface area contributed by atoms with Crippen molar-refractivity contribution >= 4 is 17.8 Å². The van der Waals surface area contributed by atoms with E-state index in [0.717, 1.165) is 29.9 Å². The Morgan fingerprint density at radius 2 is 2.17 bits per heavy atom. The van der Waals surface area contributed by atoms with Crippen LogP contribution in [-0.4, -0.2) is 51.4 Å². The third-order valence-corrected chi connectivity index (χ3v) is 4.55. The summed E-state index contributed by atoms with van der Waals surface area (Å²) in [5.74, 6) is 0.0621. The number of likely N-dealkylation sites (tertiary alicyclic amines) is 1. The first-order chi connectivity index (χ1) is 11.3. The van der Waals surface area contributed by atoms with Crippen LogP contribution in [0.1, 0.15) is 50.6 Å². The van der Waals surface area contributed by atoms with Crippen LogP contribution in [0.15, 0.2) is 10.6 Å². The zero-order valence-corrected chi connectivity index (χ0v) is 14.2. The molecule has 4 amide bonds. The number of imide groups is 1. The number of hydrogen-bond donors (Lipinski definition) is 1. The quantitative estimate of drug-likeness (QED) is 0.842. The summed E-state index contributed by atoms with van der Waals surface area (Å²) in [7, 11) is 0. The number of carbonyl (C=O) groups excluding carboxylic acids is 3. The van der Waals surface area contributed by atoms with E-state index in [9.17, 15) is 14.4 Å². The molecule has 2 aliphatic heterocycles. The molecular weight excluding hydrogens is 312 g/mol. The molecule has 1 N–H and O–H groups in total. The highest BCUT2D eigenvalue weighted by Crippen LogP contribution is 2.31. The Labute approximate surface area is 140 Å². The maximum Gasteiger partial charge on any atom is 0.325 e. The molecule has 0 radical (unpaired) electrons. The van der Waals surface area contributed by atoms with E-state index in [4.69, 9.17) is 4.52 Å². The number of aromatic nitrogens is 1. The number of nitrogens with one attached hydrogen (secondary N) is 1. The van der Waals surface area contributed by atoms with Gasteiger partial charge in [-0.25, -0.2) is 4.79 Å². The van der Waals surface area contributed by atoms with Gasteiger partial charge in [0.05, 0.1) is 6.04 Å². The van der Waals surface area contributed by atoms with Crippen molar-refractivity contribution in [1.82, 2.24) is 20.3 Å². The minimum absolute atomic E-state index is 0.169. The summed E-state index contributed by atoms with van der Waals surface area (Å²) in [6, 6.07) is 1.13. The van der Waals surface area contributed by atoms with Crippen LogP contribution in [0.25, 0.3) is 0 Å². The van der Waals surface area contributed by atoms with Crippen molar-refractivity contribution in [1.29, 1.82) is 0 Å². The number of hydrogen-bond acceptors (Lipinski definition) is 5. The van der Waals surface area contributed by atoms with Crippen molar-refractivity contribution in [3.05, 3.63) is 17.5 Å². The molecule has 130 valence electrons. The van der Waals surface area contributed by atoms with Crippen molar-refractivity contribution in [2.24, 2.45) is 0 Å². The van der Waals surface area contributed by atoms with Crippen LogP contribution in [0.5, 0.6) is 0 Å². The zero-order valence-electron chi connectivity index (χ0n) is 14.2. The monoisotopic (exact) mass is 334 g/mol. The summed E-state index contributed by atoms with van der Waals surface area (Å²) in [5, 5.41) is 6.62. The number of amides is 4. The van der Waals surface area contributed by atoms with Crippen molar-refractivity contribution in [3.8, 4) is 0 Å². The molecule has 0 bridgehead atoms. The molecule has 0 aromatic carbocycles. The molecule has 0 spiro atoms. The first kappa shape index (κ1) is 16.5. The van der Waals surface area contributed by atoms with Crippen LogP contribution in [0, 0.1) is 6.92 Å². The minimum atomic E-state index is -0.970. The molecule has 2 aliphatic rings. The van der Waals surface area contributed by atoms with E-state index in [2.05, 4.69) is 10.5 Å². The average Bonchev–Trinajstić information content (AvgIpc) is 3.04. The fraction of sp³-hybridized carbons (Fsp3) is 0.625. The lowest BCUT2D eigenvalue weighted by Gasteiger charge is -2.35. The molecule has 2 fully saturated rings. The van der Waals surface area contributed by atoms with Gasteiger partial charge in [0.1, 0.15) is 23.5 Å². The molecule has 2 saturated heterocycles. The molecule has 3 rings (SSSR count). The zero-order chi connectivity index (χ0) is 17.5. The van der Waals surface area contributed by atoms with Gasteiger partial charge in [0, 0.05) is 12.6 Å². The second-order valence-electron chi connectivity index (χ2n) is 6.91. The summed E-state index contributed by atoms with van der Waals surface area (Å²) >= 11 is 0. The van der Waals surface area contributed by atoms with E-state index in [1.165, 1.54) is 0 Å². The van der Waals surface area contributed by atoms with Crippen molar-refractivity contribution < 1.29 is 18.9 Å². The number of urea groups is 1. The Bertz CT molecular complexity index is 681. The van der Waals surface area contributed by atoms with Crippen molar-refractivity contribution in [2.45, 2.75) is 51.6 Å². The topological polar surface area (TPSA) is 95.8 Å². The van der Waals surface area contributed by atoms with E-state index in [0.29, 0.717) is 12.3 Å². The third kappa shape index (κ3) is 2.88. The van der Waals surface area contributed by atoms with Crippen LogP contribution in [0.3, 0.4) is 0 Å². The lowest BCUT2D eigenvalue weighted by atomic mass is 9.99. The van der Waals surface area contributed by atoms with Gasteiger partial charge in [0.2, 0.25) is 5.91 Å². The SMILES string of the molecule is Cc1cc(C2CCCCN2C(=O)CN2C(=O)NC(C)(C)C2=O)no1. The first-order valence-electron chi connectivity index (χ1n) is 8.16. The molecule has 8 nitrogen and oxygen atoms in total. The summed E-state index contributed by atoms with van der Waals surface area (Å²) < 4.78 is 5.12. The van der Waals surface area contributed by atoms with Gasteiger partial charge in [-0.1, -0.05) is 5.16 Å². The molecule has 0 saturated carbocycles. The summed E-state index contributed by atoms with van der Waals surface area (Å²) in [4.78, 5) is 39.7. The Hall–Kier alpha value is -2.38. The Morgan fingerprint density at radius 3 is 2.75 bits per heavy atom. The van der Waals surface area contributed by atoms with Gasteiger partial charge in [0.25, 0.3) is 5.91 Å². The normalized spacial score (nSPS) is 23.5. The Morgan fingerprint density at radius 1 is 1.42 bits per heavy atom. The standard InChI is InChI=1S/C16H22N4O4/c1-10-8-11(18-24-10)12-6-4-5-7-19(12)13(21)9-20-14(22)16(2,3)17-15(20)23/h8,12H,4-7,9H2,1-3H3,(H,17,23). The van der Waals surface area contributed by atoms with Crippen molar-refractivity contribution in [2.75, 3.05) is 13.1 Å². The van der Waals surface area contributed by atoms with Gasteiger partial charge in [-0.3, -0.25) is 14.5 Å². The maximum absolute atomic E-state index is 12.7. The van der Waals surface area contributed by atoms with Gasteiger partial charge in [-0.2, -0.15) is 0 Å². The molecule has 1 atom stereocenters. The minimum Gasteiger partial charge on any atom is -0.361 e. The van der Waals surface area contributed by atoms with E-state index < -0.39 is 11.6 Å². The molecule has 1 unspecified atom stereocenters. The predicted molar refractivity (Wildman–Crippen MR) is 83.9 cm³/mol. The fourth-order valence-corrected chi connectivity index (χ4v) is 3.27. The highest BCUT2D eigenvalue weighted by atomic mass is 16.5. The van der Waals surface area contributed by atoms with E-state index >= 15 is 0 Å². The fourth-order valence-electron chi connectivity index (χ4n) is 3.27. The largest absolute Gasteiger partial charge is 0.361 e. The smallest absolute Gasteiger partial charge is 0.325 e. The van der Waals surface area contributed by atoms with Gasteiger partial charge >= 0.3 is 6.03 Å². The molecule has 3 heterocycles. The van der Waals surface area contributed by atoms with E-state index in [1.54, 1.807) is 25.7 Å². The highest BCUT2D eigenvalue weighted by Gasteiger charge is 2.45. The van der Waals surface area contributed by atoms with Crippen molar-refractivity contribution in [3.63, 3.8) is 0 Å². The summed E-state index contributed by atoms with van der Waals surface area (Å²) in [6.07, 6.45) is 2.69. The highest BCUT2D eigenvalue weighted by molar-refractivity contribution is 6.08. The number of aryl methyl sites for hydroxylation is 1. The van der Waals surface area contributed by atoms with Crippen LogP contribution in [0.2, 0.25) is 0 Å². The second-order valence-corrected chi connectivity index (χ2v) is 6.91. The van der Waals surface area contributed by atoms with Gasteiger partial charge in [-0.05, 0) is 40.0 Å². The maximum atomic E-state index is 12.7. The lowest BCUT2D eigenvalue weighted by molar-refractivity contribution is -0.141. The number of piperidine rings is 1. The lowest BCUT2D eigenvalue weighted by Crippen LogP contribution is -2.47. The molecule has 1 aromatic heterocycles.